The Hall–Kier alpha value is -2.44. The number of carbonyl (C=O) groups excluding carboxylic acids is 2. The highest BCUT2D eigenvalue weighted by molar-refractivity contribution is 5.95. The summed E-state index contributed by atoms with van der Waals surface area (Å²) in [7, 11) is 0. The van der Waals surface area contributed by atoms with Gasteiger partial charge >= 0.3 is 5.97 Å². The summed E-state index contributed by atoms with van der Waals surface area (Å²) in [4.78, 5) is 35.9. The zero-order chi connectivity index (χ0) is 16.1. The normalized spacial score (nSPS) is 17.9. The summed E-state index contributed by atoms with van der Waals surface area (Å²) in [6, 6.07) is 5.65. The molecule has 0 aromatic heterocycles. The van der Waals surface area contributed by atoms with E-state index in [0.717, 1.165) is 19.3 Å². The van der Waals surface area contributed by atoms with Crippen LogP contribution in [0.4, 0.5) is 5.69 Å². The standard InChI is InChI=1S/C15H18N2O5/c1-11-6-4-5-9-16(11)14(18)10-22-15(19)12-7-2-3-8-13(12)17(20)21/h2-3,7-8,11H,4-6,9-10H2,1H3. The van der Waals surface area contributed by atoms with E-state index in [9.17, 15) is 19.7 Å². The van der Waals surface area contributed by atoms with Crippen LogP contribution in [-0.2, 0) is 9.53 Å². The minimum Gasteiger partial charge on any atom is -0.452 e. The number of piperidine rings is 1. The average molecular weight is 306 g/mol. The highest BCUT2D eigenvalue weighted by atomic mass is 16.6. The fraction of sp³-hybridized carbons (Fsp3) is 0.467. The summed E-state index contributed by atoms with van der Waals surface area (Å²) in [5.41, 5.74) is -0.474. The quantitative estimate of drug-likeness (QED) is 0.483. The molecule has 22 heavy (non-hydrogen) atoms. The number of ether oxygens (including phenoxy) is 1. The van der Waals surface area contributed by atoms with Gasteiger partial charge in [-0.25, -0.2) is 4.79 Å². The molecule has 7 heteroatoms. The van der Waals surface area contributed by atoms with Crippen LogP contribution in [0.25, 0.3) is 0 Å². The molecule has 1 atom stereocenters. The zero-order valence-corrected chi connectivity index (χ0v) is 12.4. The number of amides is 1. The molecule has 1 saturated heterocycles. The van der Waals surface area contributed by atoms with Gasteiger partial charge in [-0.15, -0.1) is 0 Å². The number of carbonyl (C=O) groups is 2. The maximum atomic E-state index is 12.1. The Balaban J connectivity index is 1.98. The molecule has 0 radical (unpaired) electrons. The van der Waals surface area contributed by atoms with E-state index < -0.39 is 17.5 Å². The Kier molecular flexibility index (Phi) is 5.08. The van der Waals surface area contributed by atoms with E-state index in [2.05, 4.69) is 0 Å². The van der Waals surface area contributed by atoms with Crippen LogP contribution in [0.3, 0.4) is 0 Å². The molecule has 0 bridgehead atoms. The SMILES string of the molecule is CC1CCCCN1C(=O)COC(=O)c1ccccc1[N+](=O)[O-]. The van der Waals surface area contributed by atoms with Gasteiger partial charge in [-0.3, -0.25) is 14.9 Å². The van der Waals surface area contributed by atoms with Gasteiger partial charge in [-0.1, -0.05) is 12.1 Å². The van der Waals surface area contributed by atoms with Crippen molar-refractivity contribution in [1.82, 2.24) is 4.90 Å². The molecule has 0 N–H and O–H groups in total. The lowest BCUT2D eigenvalue weighted by molar-refractivity contribution is -0.385. The molecule has 1 aliphatic rings. The minimum absolute atomic E-state index is 0.131. The second kappa shape index (κ2) is 7.02. The summed E-state index contributed by atoms with van der Waals surface area (Å²) in [5.74, 6) is -1.12. The number of nitrogens with zero attached hydrogens (tertiary/aromatic N) is 2. The van der Waals surface area contributed by atoms with Crippen LogP contribution in [0, 0.1) is 10.1 Å². The molecule has 1 aromatic carbocycles. The van der Waals surface area contributed by atoms with E-state index in [0.29, 0.717) is 6.54 Å². The number of nitro benzene ring substituents is 1. The van der Waals surface area contributed by atoms with E-state index >= 15 is 0 Å². The van der Waals surface area contributed by atoms with Gasteiger partial charge < -0.3 is 9.64 Å². The van der Waals surface area contributed by atoms with E-state index in [4.69, 9.17) is 4.74 Å². The van der Waals surface area contributed by atoms with Crippen molar-refractivity contribution in [2.45, 2.75) is 32.2 Å². The fourth-order valence-corrected chi connectivity index (χ4v) is 2.56. The summed E-state index contributed by atoms with van der Waals surface area (Å²) >= 11 is 0. The number of esters is 1. The number of likely N-dealkylation sites (tertiary alicyclic amines) is 1. The van der Waals surface area contributed by atoms with Gasteiger partial charge in [0.15, 0.2) is 6.61 Å². The van der Waals surface area contributed by atoms with Crippen LogP contribution < -0.4 is 0 Å². The van der Waals surface area contributed by atoms with Gasteiger partial charge in [-0.2, -0.15) is 0 Å². The second-order valence-electron chi connectivity index (χ2n) is 5.28. The lowest BCUT2D eigenvalue weighted by Crippen LogP contribution is -2.44. The third kappa shape index (κ3) is 3.60. The number of para-hydroxylation sites is 1. The summed E-state index contributed by atoms with van der Waals surface area (Å²) in [5, 5.41) is 10.9. The van der Waals surface area contributed by atoms with Crippen molar-refractivity contribution in [1.29, 1.82) is 0 Å². The third-order valence-electron chi connectivity index (χ3n) is 3.77. The molecular weight excluding hydrogens is 288 g/mol. The minimum atomic E-state index is -0.856. The third-order valence-corrected chi connectivity index (χ3v) is 3.77. The predicted molar refractivity (Wildman–Crippen MR) is 78.4 cm³/mol. The molecule has 1 fully saturated rings. The van der Waals surface area contributed by atoms with Crippen LogP contribution in [0.15, 0.2) is 24.3 Å². The smallest absolute Gasteiger partial charge is 0.345 e. The topological polar surface area (TPSA) is 89.8 Å². The van der Waals surface area contributed by atoms with Gasteiger partial charge in [-0.05, 0) is 32.3 Å². The molecule has 1 unspecified atom stereocenters. The highest BCUT2D eigenvalue weighted by Gasteiger charge is 2.25. The maximum Gasteiger partial charge on any atom is 0.345 e. The molecule has 7 nitrogen and oxygen atoms in total. The first-order valence-corrected chi connectivity index (χ1v) is 7.20. The zero-order valence-electron chi connectivity index (χ0n) is 12.4. The van der Waals surface area contributed by atoms with Crippen LogP contribution in [0.1, 0.15) is 36.5 Å². The van der Waals surface area contributed by atoms with Gasteiger partial charge in [0.05, 0.1) is 4.92 Å². The molecule has 0 saturated carbocycles. The van der Waals surface area contributed by atoms with Crippen LogP contribution in [0.2, 0.25) is 0 Å². The second-order valence-corrected chi connectivity index (χ2v) is 5.28. The molecule has 2 rings (SSSR count). The predicted octanol–water partition coefficient (Wildman–Crippen LogP) is 2.15. The molecule has 1 heterocycles. The Bertz CT molecular complexity index is 587. The van der Waals surface area contributed by atoms with Gasteiger partial charge in [0.25, 0.3) is 11.6 Å². The Labute approximate surface area is 128 Å². The first-order valence-electron chi connectivity index (χ1n) is 7.20. The first kappa shape index (κ1) is 15.9. The van der Waals surface area contributed by atoms with Crippen molar-refractivity contribution >= 4 is 17.6 Å². The lowest BCUT2D eigenvalue weighted by atomic mass is 10.0. The van der Waals surface area contributed by atoms with Crippen LogP contribution in [-0.4, -0.2) is 40.9 Å². The summed E-state index contributed by atoms with van der Waals surface area (Å²) in [6.45, 7) is 2.22. The monoisotopic (exact) mass is 306 g/mol. The number of hydrogen-bond acceptors (Lipinski definition) is 5. The average Bonchev–Trinajstić information content (AvgIpc) is 2.52. The number of hydrogen-bond donors (Lipinski definition) is 0. The molecule has 1 amide bonds. The van der Waals surface area contributed by atoms with Crippen molar-refractivity contribution in [3.05, 3.63) is 39.9 Å². The van der Waals surface area contributed by atoms with Crippen molar-refractivity contribution in [3.63, 3.8) is 0 Å². The van der Waals surface area contributed by atoms with Crippen molar-refractivity contribution in [2.75, 3.05) is 13.2 Å². The summed E-state index contributed by atoms with van der Waals surface area (Å²) < 4.78 is 4.95. The number of nitro groups is 1. The van der Waals surface area contributed by atoms with E-state index in [1.54, 1.807) is 4.90 Å². The molecule has 0 aliphatic carbocycles. The molecular formula is C15H18N2O5. The number of benzene rings is 1. The summed E-state index contributed by atoms with van der Waals surface area (Å²) in [6.07, 6.45) is 2.96. The molecule has 0 spiro atoms. The van der Waals surface area contributed by atoms with E-state index in [1.807, 2.05) is 6.92 Å². The number of rotatable bonds is 4. The van der Waals surface area contributed by atoms with Crippen molar-refractivity contribution < 1.29 is 19.2 Å². The van der Waals surface area contributed by atoms with Crippen molar-refractivity contribution in [2.24, 2.45) is 0 Å². The van der Waals surface area contributed by atoms with E-state index in [1.165, 1.54) is 24.3 Å². The van der Waals surface area contributed by atoms with Crippen LogP contribution in [0.5, 0.6) is 0 Å². The molecule has 1 aromatic rings. The Morgan fingerprint density at radius 3 is 2.77 bits per heavy atom. The van der Waals surface area contributed by atoms with Gasteiger partial charge in [0.2, 0.25) is 0 Å². The Morgan fingerprint density at radius 2 is 2.09 bits per heavy atom. The molecule has 118 valence electrons. The Morgan fingerprint density at radius 1 is 1.36 bits per heavy atom. The first-order chi connectivity index (χ1) is 10.5. The maximum absolute atomic E-state index is 12.1. The van der Waals surface area contributed by atoms with Crippen LogP contribution >= 0.6 is 0 Å². The lowest BCUT2D eigenvalue weighted by Gasteiger charge is -2.33. The highest BCUT2D eigenvalue weighted by Crippen LogP contribution is 2.19. The fourth-order valence-electron chi connectivity index (χ4n) is 2.56. The van der Waals surface area contributed by atoms with Crippen molar-refractivity contribution in [3.8, 4) is 0 Å². The largest absolute Gasteiger partial charge is 0.452 e. The van der Waals surface area contributed by atoms with Gasteiger partial charge in [0, 0.05) is 18.7 Å². The van der Waals surface area contributed by atoms with Gasteiger partial charge in [0.1, 0.15) is 5.56 Å². The van der Waals surface area contributed by atoms with E-state index in [-0.39, 0.29) is 23.2 Å². The molecule has 1 aliphatic heterocycles.